The molecule has 0 saturated carbocycles. The minimum atomic E-state index is -1.18. The first-order valence-corrected chi connectivity index (χ1v) is 9.77. The first kappa shape index (κ1) is 21.4. The highest BCUT2D eigenvalue weighted by Gasteiger charge is 2.48. The maximum absolute atomic E-state index is 12.3. The number of aromatic nitrogens is 2. The van der Waals surface area contributed by atoms with E-state index in [2.05, 4.69) is 28.8 Å². The van der Waals surface area contributed by atoms with Gasteiger partial charge in [-0.25, -0.2) is 9.80 Å². The molecule has 0 spiro atoms. The number of nitrogen functional groups attached to an aromatic ring is 1. The Hall–Kier alpha value is -2.34. The van der Waals surface area contributed by atoms with Crippen LogP contribution < -0.4 is 11.4 Å². The van der Waals surface area contributed by atoms with Gasteiger partial charge in [0, 0.05) is 12.7 Å². The van der Waals surface area contributed by atoms with Gasteiger partial charge in [0.25, 0.3) is 0 Å². The van der Waals surface area contributed by atoms with Crippen LogP contribution >= 0.6 is 0 Å². The van der Waals surface area contributed by atoms with Crippen molar-refractivity contribution in [2.24, 2.45) is 10.3 Å². The van der Waals surface area contributed by atoms with Gasteiger partial charge in [0.1, 0.15) is 29.8 Å². The number of hydrogen-bond donors (Lipinski definition) is 3. The van der Waals surface area contributed by atoms with Crippen LogP contribution in [0.25, 0.3) is 0 Å². The monoisotopic (exact) mass is 408 g/mol. The molecule has 0 amide bonds. The minimum Gasteiger partial charge on any atom is -0.394 e. The van der Waals surface area contributed by atoms with Crippen molar-refractivity contribution in [2.45, 2.75) is 63.4 Å². The number of rotatable bonds is 9. The fraction of sp³-hybridized carbons (Fsp3) is 0.667. The maximum Gasteiger partial charge on any atom is 0.351 e. The van der Waals surface area contributed by atoms with Gasteiger partial charge in [-0.1, -0.05) is 38.0 Å². The quantitative estimate of drug-likeness (QED) is 0.502. The van der Waals surface area contributed by atoms with Crippen LogP contribution in [0.3, 0.4) is 0 Å². The average molecular weight is 408 g/mol. The van der Waals surface area contributed by atoms with Crippen molar-refractivity contribution < 1.29 is 19.7 Å². The Morgan fingerprint density at radius 2 is 2.17 bits per heavy atom. The van der Waals surface area contributed by atoms with E-state index in [0.29, 0.717) is 12.2 Å². The Labute approximate surface area is 168 Å². The second-order valence-electron chi connectivity index (χ2n) is 7.14. The third-order valence-electron chi connectivity index (χ3n) is 4.99. The minimum absolute atomic E-state index is 0.0704. The van der Waals surface area contributed by atoms with Gasteiger partial charge >= 0.3 is 5.69 Å². The molecule has 1 fully saturated rings. The second kappa shape index (κ2) is 9.44. The SMILES string of the molecule is C=C1N=NN(CCCCCC)C1O[C@@H]1[C@H](O)[C@@H](CO)O[C@H]1n1ccc(N)nc1=O. The van der Waals surface area contributed by atoms with E-state index >= 15 is 0 Å². The summed E-state index contributed by atoms with van der Waals surface area (Å²) in [5.74, 6) is 0.0704. The number of nitrogens with two attached hydrogens (primary N) is 1. The van der Waals surface area contributed by atoms with E-state index in [1.165, 1.54) is 16.8 Å². The van der Waals surface area contributed by atoms with Crippen LogP contribution in [-0.2, 0) is 9.47 Å². The molecule has 4 N–H and O–H groups in total. The van der Waals surface area contributed by atoms with E-state index < -0.39 is 43.1 Å². The zero-order valence-corrected chi connectivity index (χ0v) is 16.4. The van der Waals surface area contributed by atoms with E-state index in [1.54, 1.807) is 5.01 Å². The Morgan fingerprint density at radius 1 is 1.38 bits per heavy atom. The van der Waals surface area contributed by atoms with Gasteiger partial charge in [-0.05, 0) is 12.5 Å². The van der Waals surface area contributed by atoms with Crippen molar-refractivity contribution in [3.63, 3.8) is 0 Å². The molecular weight excluding hydrogens is 380 g/mol. The van der Waals surface area contributed by atoms with Gasteiger partial charge < -0.3 is 25.4 Å². The molecule has 11 heteroatoms. The van der Waals surface area contributed by atoms with Crippen LogP contribution in [0.5, 0.6) is 0 Å². The second-order valence-corrected chi connectivity index (χ2v) is 7.14. The molecule has 0 bridgehead atoms. The molecule has 3 rings (SSSR count). The van der Waals surface area contributed by atoms with Crippen molar-refractivity contribution in [3.8, 4) is 0 Å². The van der Waals surface area contributed by atoms with Crippen molar-refractivity contribution in [3.05, 3.63) is 35.0 Å². The lowest BCUT2D eigenvalue weighted by atomic mass is 10.1. The molecule has 5 atom stereocenters. The first-order valence-electron chi connectivity index (χ1n) is 9.77. The molecule has 1 aromatic rings. The third kappa shape index (κ3) is 4.64. The molecule has 29 heavy (non-hydrogen) atoms. The molecule has 1 saturated heterocycles. The Bertz CT molecular complexity index is 799. The van der Waals surface area contributed by atoms with Crippen molar-refractivity contribution >= 4 is 5.82 Å². The number of nitrogens with zero attached hydrogens (tertiary/aromatic N) is 5. The zero-order chi connectivity index (χ0) is 21.0. The van der Waals surface area contributed by atoms with Crippen molar-refractivity contribution in [1.82, 2.24) is 14.6 Å². The maximum atomic E-state index is 12.3. The lowest BCUT2D eigenvalue weighted by Gasteiger charge is -2.29. The van der Waals surface area contributed by atoms with Crippen LogP contribution in [0, 0.1) is 0 Å². The Balaban J connectivity index is 1.78. The number of hydrogen-bond acceptors (Lipinski definition) is 10. The van der Waals surface area contributed by atoms with Gasteiger partial charge in [-0.15, -0.1) is 5.11 Å². The van der Waals surface area contributed by atoms with E-state index in [1.807, 2.05) is 0 Å². The topological polar surface area (TPSA) is 148 Å². The summed E-state index contributed by atoms with van der Waals surface area (Å²) in [6, 6.07) is 1.44. The molecular formula is C18H28N6O5. The normalized spacial score (nSPS) is 29.1. The molecule has 1 aromatic heterocycles. The highest BCUT2D eigenvalue weighted by Crippen LogP contribution is 2.34. The highest BCUT2D eigenvalue weighted by molar-refractivity contribution is 5.23. The molecule has 11 nitrogen and oxygen atoms in total. The lowest BCUT2D eigenvalue weighted by molar-refractivity contribution is -0.131. The highest BCUT2D eigenvalue weighted by atomic mass is 16.6. The number of ether oxygens (including phenoxy) is 2. The van der Waals surface area contributed by atoms with Crippen LogP contribution in [-0.4, -0.2) is 62.5 Å². The molecule has 3 heterocycles. The molecule has 0 aromatic carbocycles. The first-order chi connectivity index (χ1) is 14.0. The summed E-state index contributed by atoms with van der Waals surface area (Å²) in [5, 5.41) is 29.9. The molecule has 2 aliphatic heterocycles. The number of aliphatic hydroxyl groups is 2. The Morgan fingerprint density at radius 3 is 2.86 bits per heavy atom. The summed E-state index contributed by atoms with van der Waals surface area (Å²) in [7, 11) is 0. The molecule has 0 aliphatic carbocycles. The van der Waals surface area contributed by atoms with E-state index in [0.717, 1.165) is 25.7 Å². The smallest absolute Gasteiger partial charge is 0.351 e. The summed E-state index contributed by atoms with van der Waals surface area (Å²) in [4.78, 5) is 16.0. The van der Waals surface area contributed by atoms with Crippen LogP contribution in [0.2, 0.25) is 0 Å². The molecule has 160 valence electrons. The standard InChI is InChI=1S/C18H28N6O5/c1-3-4-5-6-8-24-16(11(2)21-22-24)29-15-14(26)12(10-25)28-17(15)23-9-7-13(19)20-18(23)27/h7,9,12,14-17,25-26H,2-6,8,10H2,1H3,(H2,19,20,27)/t12-,14-,15-,16?,17-/m1/s1. The van der Waals surface area contributed by atoms with Crippen LogP contribution in [0.4, 0.5) is 5.82 Å². The number of aliphatic hydroxyl groups excluding tert-OH is 2. The van der Waals surface area contributed by atoms with E-state index in [-0.39, 0.29) is 5.82 Å². The summed E-state index contributed by atoms with van der Waals surface area (Å²) < 4.78 is 12.9. The van der Waals surface area contributed by atoms with Crippen LogP contribution in [0.1, 0.15) is 38.8 Å². The van der Waals surface area contributed by atoms with Gasteiger partial charge in [-0.2, -0.15) is 4.98 Å². The largest absolute Gasteiger partial charge is 0.394 e. The summed E-state index contributed by atoms with van der Waals surface area (Å²) in [6.07, 6.45) is 0.856. The van der Waals surface area contributed by atoms with Crippen molar-refractivity contribution in [2.75, 3.05) is 18.9 Å². The average Bonchev–Trinajstić information content (AvgIpc) is 3.20. The number of unbranched alkanes of at least 4 members (excludes halogenated alkanes) is 3. The predicted molar refractivity (Wildman–Crippen MR) is 103 cm³/mol. The van der Waals surface area contributed by atoms with E-state index in [4.69, 9.17) is 15.2 Å². The zero-order valence-electron chi connectivity index (χ0n) is 16.4. The van der Waals surface area contributed by atoms with Gasteiger partial charge in [0.2, 0.25) is 0 Å². The van der Waals surface area contributed by atoms with E-state index in [9.17, 15) is 15.0 Å². The summed E-state index contributed by atoms with van der Waals surface area (Å²) >= 11 is 0. The molecule has 2 aliphatic rings. The summed E-state index contributed by atoms with van der Waals surface area (Å²) in [5.41, 5.74) is 5.29. The fourth-order valence-corrected chi connectivity index (χ4v) is 3.40. The van der Waals surface area contributed by atoms with Gasteiger partial charge in [0.15, 0.2) is 12.5 Å². The van der Waals surface area contributed by atoms with Gasteiger partial charge in [-0.3, -0.25) is 4.57 Å². The number of anilines is 1. The predicted octanol–water partition coefficient (Wildman–Crippen LogP) is 0.564. The lowest BCUT2D eigenvalue weighted by Crippen LogP contribution is -2.43. The third-order valence-corrected chi connectivity index (χ3v) is 4.99. The Kier molecular flexibility index (Phi) is 6.96. The summed E-state index contributed by atoms with van der Waals surface area (Å²) in [6.45, 7) is 6.19. The van der Waals surface area contributed by atoms with Crippen LogP contribution in [0.15, 0.2) is 39.7 Å². The van der Waals surface area contributed by atoms with Crippen molar-refractivity contribution in [1.29, 1.82) is 0 Å². The molecule has 1 unspecified atom stereocenters. The molecule has 0 radical (unpaired) electrons. The fourth-order valence-electron chi connectivity index (χ4n) is 3.40. The van der Waals surface area contributed by atoms with Gasteiger partial charge in [0.05, 0.1) is 6.61 Å².